The molecule has 0 aliphatic carbocycles. The van der Waals surface area contributed by atoms with Gasteiger partial charge in [0.15, 0.2) is 5.82 Å². The summed E-state index contributed by atoms with van der Waals surface area (Å²) in [5.41, 5.74) is 1.40. The van der Waals surface area contributed by atoms with Crippen molar-refractivity contribution in [2.45, 2.75) is 13.8 Å². The van der Waals surface area contributed by atoms with Crippen molar-refractivity contribution >= 4 is 50.1 Å². The van der Waals surface area contributed by atoms with Crippen molar-refractivity contribution in [1.82, 2.24) is 4.98 Å². The number of hydrogen-bond donors (Lipinski definition) is 1. The number of aromatic hydroxyl groups is 1. The second-order valence-corrected chi connectivity index (χ2v) is 5.30. The molecule has 5 nitrogen and oxygen atoms in total. The molecule has 0 unspecified atom stereocenters. The van der Waals surface area contributed by atoms with E-state index in [0.29, 0.717) is 11.5 Å². The highest BCUT2D eigenvalue weighted by atomic mass is 79.9. The fraction of sp³-hybridized carbons (Fsp3) is 0.267. The summed E-state index contributed by atoms with van der Waals surface area (Å²) < 4.78 is 0.882. The van der Waals surface area contributed by atoms with E-state index >= 15 is 0 Å². The first-order valence-electron chi connectivity index (χ1n) is 6.75. The summed E-state index contributed by atoms with van der Waals surface area (Å²) in [6.45, 7) is 5.93. The molecule has 118 valence electrons. The Kier molecular flexibility index (Phi) is 7.47. The fourth-order valence-electron chi connectivity index (χ4n) is 1.91. The zero-order chi connectivity index (χ0) is 15.2. The molecule has 0 radical (unpaired) electrons. The average Bonchev–Trinajstić information content (AvgIpc) is 2.49. The van der Waals surface area contributed by atoms with Crippen molar-refractivity contribution in [2.24, 2.45) is 10.2 Å². The monoisotopic (exact) mass is 428 g/mol. The number of benzene rings is 1. The molecular weight excluding hydrogens is 412 g/mol. The normalized spacial score (nSPS) is 10.5. The van der Waals surface area contributed by atoms with Crippen LogP contribution in [-0.4, -0.2) is 23.2 Å². The molecule has 0 aliphatic rings. The van der Waals surface area contributed by atoms with E-state index in [-0.39, 0.29) is 22.7 Å². The Morgan fingerprint density at radius 1 is 1.14 bits per heavy atom. The van der Waals surface area contributed by atoms with Crippen molar-refractivity contribution in [3.63, 3.8) is 0 Å². The number of phenols is 1. The molecule has 0 spiro atoms. The predicted molar refractivity (Wildman–Crippen MR) is 98.1 cm³/mol. The van der Waals surface area contributed by atoms with Gasteiger partial charge >= 0.3 is 0 Å². The molecule has 1 N–H and O–H groups in total. The molecule has 1 heterocycles. The summed E-state index contributed by atoms with van der Waals surface area (Å²) in [5.74, 6) is 0.602. The minimum atomic E-state index is 0. The van der Waals surface area contributed by atoms with Crippen LogP contribution in [0, 0.1) is 0 Å². The molecule has 7 heteroatoms. The van der Waals surface area contributed by atoms with Crippen molar-refractivity contribution in [2.75, 3.05) is 18.0 Å². The number of nitrogens with zero attached hydrogens (tertiary/aromatic N) is 4. The summed E-state index contributed by atoms with van der Waals surface area (Å²) in [4.78, 5) is 6.25. The van der Waals surface area contributed by atoms with Crippen molar-refractivity contribution in [3.8, 4) is 5.75 Å². The zero-order valence-electron chi connectivity index (χ0n) is 12.4. The predicted octanol–water partition coefficient (Wildman–Crippen LogP) is 5.39. The molecule has 0 saturated heterocycles. The van der Waals surface area contributed by atoms with Gasteiger partial charge in [0.2, 0.25) is 0 Å². The summed E-state index contributed by atoms with van der Waals surface area (Å²) in [5, 5.41) is 18.1. The Balaban J connectivity index is 0.00000242. The lowest BCUT2D eigenvalue weighted by Crippen LogP contribution is -2.21. The Hall–Kier alpha value is -1.47. The zero-order valence-corrected chi connectivity index (χ0v) is 15.7. The van der Waals surface area contributed by atoms with Crippen LogP contribution in [-0.2, 0) is 0 Å². The Labute approximate surface area is 149 Å². The van der Waals surface area contributed by atoms with Gasteiger partial charge in [0.05, 0.1) is 0 Å². The van der Waals surface area contributed by atoms with E-state index in [0.717, 1.165) is 23.2 Å². The van der Waals surface area contributed by atoms with Crippen molar-refractivity contribution in [1.29, 1.82) is 0 Å². The van der Waals surface area contributed by atoms with Gasteiger partial charge in [-0.1, -0.05) is 0 Å². The number of anilines is 1. The smallest absolute Gasteiger partial charge is 0.174 e. The van der Waals surface area contributed by atoms with Crippen LogP contribution < -0.4 is 4.90 Å². The number of phenolic OH excluding ortho intramolecular Hbond substituents is 1. The number of hydrogen-bond acceptors (Lipinski definition) is 5. The van der Waals surface area contributed by atoms with Crippen LogP contribution in [0.15, 0.2) is 51.2 Å². The largest absolute Gasteiger partial charge is 0.506 e. The van der Waals surface area contributed by atoms with Gasteiger partial charge in [-0.15, -0.1) is 27.2 Å². The standard InChI is InChI=1S/C15H17BrN4O.BrH/c1-3-20(4-2)12-6-7-13(14(21)9-12)18-19-15-8-5-11(16)10-17-15;/h5-10,21H,3-4H2,1-2H3;1H. The van der Waals surface area contributed by atoms with Crippen LogP contribution in [0.25, 0.3) is 0 Å². The Bertz CT molecular complexity index is 628. The lowest BCUT2D eigenvalue weighted by molar-refractivity contribution is 0.476. The van der Waals surface area contributed by atoms with E-state index in [4.69, 9.17) is 0 Å². The maximum absolute atomic E-state index is 10.0. The first-order chi connectivity index (χ1) is 10.1. The van der Waals surface area contributed by atoms with Gasteiger partial charge in [0.25, 0.3) is 0 Å². The number of pyridine rings is 1. The molecule has 0 bridgehead atoms. The third kappa shape index (κ3) is 4.78. The van der Waals surface area contributed by atoms with Gasteiger partial charge in [-0.05, 0) is 54.0 Å². The lowest BCUT2D eigenvalue weighted by Gasteiger charge is -2.21. The quantitative estimate of drug-likeness (QED) is 0.648. The summed E-state index contributed by atoms with van der Waals surface area (Å²) >= 11 is 3.31. The highest BCUT2D eigenvalue weighted by molar-refractivity contribution is 9.10. The Morgan fingerprint density at radius 3 is 2.41 bits per heavy atom. The molecule has 0 atom stereocenters. The van der Waals surface area contributed by atoms with Crippen molar-refractivity contribution < 1.29 is 5.11 Å². The summed E-state index contributed by atoms with van der Waals surface area (Å²) in [6, 6.07) is 8.97. The van der Waals surface area contributed by atoms with Gasteiger partial charge in [-0.2, -0.15) is 0 Å². The van der Waals surface area contributed by atoms with Gasteiger partial charge in [0, 0.05) is 35.5 Å². The van der Waals surface area contributed by atoms with E-state index in [9.17, 15) is 5.11 Å². The highest BCUT2D eigenvalue weighted by Gasteiger charge is 2.06. The minimum Gasteiger partial charge on any atom is -0.506 e. The van der Waals surface area contributed by atoms with Crippen molar-refractivity contribution in [3.05, 3.63) is 41.0 Å². The van der Waals surface area contributed by atoms with E-state index in [1.54, 1.807) is 24.4 Å². The lowest BCUT2D eigenvalue weighted by atomic mass is 10.2. The molecule has 0 amide bonds. The molecule has 1 aromatic carbocycles. The van der Waals surface area contributed by atoms with Gasteiger partial charge in [-0.25, -0.2) is 4.98 Å². The maximum Gasteiger partial charge on any atom is 0.174 e. The first kappa shape index (κ1) is 18.6. The number of rotatable bonds is 5. The van der Waals surface area contributed by atoms with Crippen LogP contribution in [0.3, 0.4) is 0 Å². The third-order valence-corrected chi connectivity index (χ3v) is 3.53. The molecular formula is C15H18Br2N4O. The number of halogens is 2. The second kappa shape index (κ2) is 8.85. The third-order valence-electron chi connectivity index (χ3n) is 3.06. The van der Waals surface area contributed by atoms with E-state index < -0.39 is 0 Å². The van der Waals surface area contributed by atoms with Gasteiger partial charge in [-0.3, -0.25) is 0 Å². The molecule has 2 aromatic rings. The minimum absolute atomic E-state index is 0. The van der Waals surface area contributed by atoms with E-state index in [2.05, 4.69) is 49.9 Å². The van der Waals surface area contributed by atoms with Crippen LogP contribution in [0.1, 0.15) is 13.8 Å². The van der Waals surface area contributed by atoms with Gasteiger partial charge in [0.1, 0.15) is 11.4 Å². The molecule has 2 rings (SSSR count). The first-order valence-corrected chi connectivity index (χ1v) is 7.54. The van der Waals surface area contributed by atoms with Gasteiger partial charge < -0.3 is 10.0 Å². The summed E-state index contributed by atoms with van der Waals surface area (Å²) in [7, 11) is 0. The summed E-state index contributed by atoms with van der Waals surface area (Å²) in [6.07, 6.45) is 1.65. The maximum atomic E-state index is 10.0. The second-order valence-electron chi connectivity index (χ2n) is 4.38. The molecule has 0 saturated carbocycles. The molecule has 22 heavy (non-hydrogen) atoms. The SMILES string of the molecule is Br.CCN(CC)c1ccc(N=Nc2ccc(Br)cn2)c(O)c1. The van der Waals surface area contributed by atoms with Crippen LogP contribution in [0.5, 0.6) is 5.75 Å². The number of azo groups is 1. The molecule has 0 fully saturated rings. The topological polar surface area (TPSA) is 61.1 Å². The van der Waals surface area contributed by atoms with Crippen LogP contribution >= 0.6 is 32.9 Å². The number of aromatic nitrogens is 1. The molecule has 1 aromatic heterocycles. The van der Waals surface area contributed by atoms with E-state index in [1.165, 1.54) is 0 Å². The molecule has 0 aliphatic heterocycles. The van der Waals surface area contributed by atoms with Crippen LogP contribution in [0.2, 0.25) is 0 Å². The fourth-order valence-corrected chi connectivity index (χ4v) is 2.15. The van der Waals surface area contributed by atoms with Crippen LogP contribution in [0.4, 0.5) is 17.2 Å². The Morgan fingerprint density at radius 2 is 1.86 bits per heavy atom. The highest BCUT2D eigenvalue weighted by Crippen LogP contribution is 2.32. The average molecular weight is 430 g/mol. The van der Waals surface area contributed by atoms with E-state index in [1.807, 2.05) is 12.1 Å².